The Hall–Kier alpha value is -6.96. The number of benzene rings is 2. The molecule has 74 heavy (non-hydrogen) atoms. The van der Waals surface area contributed by atoms with Gasteiger partial charge in [-0.25, -0.2) is 14.4 Å². The lowest BCUT2D eigenvalue weighted by molar-refractivity contribution is -0.141. The second kappa shape index (κ2) is 30.9. The van der Waals surface area contributed by atoms with Crippen molar-refractivity contribution in [3.8, 4) is 0 Å². The molecule has 0 bridgehead atoms. The summed E-state index contributed by atoms with van der Waals surface area (Å²) >= 11 is 0. The van der Waals surface area contributed by atoms with Gasteiger partial charge in [0.05, 0.1) is 26.2 Å². The summed E-state index contributed by atoms with van der Waals surface area (Å²) < 4.78 is 0. The fourth-order valence-electron chi connectivity index (χ4n) is 9.07. The van der Waals surface area contributed by atoms with Crippen molar-refractivity contribution in [3.63, 3.8) is 0 Å². The zero-order valence-electron chi connectivity index (χ0n) is 41.5. The molecule has 1 saturated heterocycles. The van der Waals surface area contributed by atoms with Crippen molar-refractivity contribution in [1.82, 2.24) is 46.2 Å². The lowest BCUT2D eigenvalue weighted by Gasteiger charge is -2.33. The van der Waals surface area contributed by atoms with E-state index >= 15 is 0 Å². The molecule has 3 atom stereocenters. The SMILES string of the molecule is O=C(O)CC[C@H](NC(=O)N[C@@H](CCCCNC(=O)C(Cc1cccc2ccccc12)NC(=O)C1CCC(CNC(=O)CN2CCN(CC(=O)O)CCN(CC(=O)O)CCN(CC(=O)O)CC2)CC1)C(=O)O)C(=O)O. The number of carboxylic acid groups (broad SMARTS) is 6. The van der Waals surface area contributed by atoms with Gasteiger partial charge in [-0.15, -0.1) is 0 Å². The highest BCUT2D eigenvalue weighted by molar-refractivity contribution is 5.91. The second-order valence-electron chi connectivity index (χ2n) is 18.8. The van der Waals surface area contributed by atoms with Gasteiger partial charge < -0.3 is 57.2 Å². The highest BCUT2D eigenvalue weighted by Gasteiger charge is 2.31. The Kier molecular flexibility index (Phi) is 24.9. The van der Waals surface area contributed by atoms with Crippen molar-refractivity contribution < 1.29 is 78.6 Å². The first-order chi connectivity index (χ1) is 35.3. The number of aliphatic carboxylic acids is 6. The number of urea groups is 1. The normalized spacial score (nSPS) is 18.8. The van der Waals surface area contributed by atoms with Crippen molar-refractivity contribution >= 4 is 70.3 Å². The number of carbonyl (C=O) groups excluding carboxylic acids is 4. The van der Waals surface area contributed by atoms with Crippen LogP contribution in [0.1, 0.15) is 63.4 Å². The quantitative estimate of drug-likeness (QED) is 0.0508. The molecule has 0 spiro atoms. The lowest BCUT2D eigenvalue weighted by atomic mass is 9.81. The van der Waals surface area contributed by atoms with Gasteiger partial charge >= 0.3 is 41.8 Å². The van der Waals surface area contributed by atoms with Crippen LogP contribution in [-0.4, -0.2) is 220 Å². The second-order valence-corrected chi connectivity index (χ2v) is 18.8. The van der Waals surface area contributed by atoms with E-state index in [-0.39, 0.29) is 115 Å². The number of unbranched alkanes of at least 4 members (excludes halogenated alkanes) is 1. The van der Waals surface area contributed by atoms with Crippen LogP contribution >= 0.6 is 0 Å². The third-order valence-corrected chi connectivity index (χ3v) is 13.2. The third kappa shape index (κ3) is 22.0. The van der Waals surface area contributed by atoms with Gasteiger partial charge in [0.15, 0.2) is 0 Å². The van der Waals surface area contributed by atoms with E-state index in [0.717, 1.165) is 16.3 Å². The maximum atomic E-state index is 13.9. The Bertz CT molecular complexity index is 2220. The molecule has 1 saturated carbocycles. The lowest BCUT2D eigenvalue weighted by Crippen LogP contribution is -2.51. The summed E-state index contributed by atoms with van der Waals surface area (Å²) in [5.74, 6) is -8.67. The molecule has 1 unspecified atom stereocenters. The minimum absolute atomic E-state index is 0.0288. The van der Waals surface area contributed by atoms with E-state index in [1.54, 1.807) is 14.7 Å². The Morgan fingerprint density at radius 3 is 1.54 bits per heavy atom. The van der Waals surface area contributed by atoms with Gasteiger partial charge in [0.1, 0.15) is 18.1 Å². The molecular formula is C49H71N9O16. The van der Waals surface area contributed by atoms with Crippen LogP contribution < -0.4 is 26.6 Å². The fourth-order valence-corrected chi connectivity index (χ4v) is 9.07. The van der Waals surface area contributed by atoms with Gasteiger partial charge in [0.2, 0.25) is 17.7 Å². The predicted molar refractivity (Wildman–Crippen MR) is 265 cm³/mol. The minimum atomic E-state index is -1.55. The highest BCUT2D eigenvalue weighted by atomic mass is 16.4. The van der Waals surface area contributed by atoms with E-state index in [0.29, 0.717) is 45.3 Å². The molecule has 0 aromatic heterocycles. The molecule has 5 amide bonds. The van der Waals surface area contributed by atoms with Crippen molar-refractivity contribution in [2.24, 2.45) is 11.8 Å². The summed E-state index contributed by atoms with van der Waals surface area (Å²) in [6.45, 7) is 1.72. The fraction of sp³-hybridized carbons (Fsp3) is 0.592. The molecule has 11 N–H and O–H groups in total. The van der Waals surface area contributed by atoms with Crippen LogP contribution in [0.25, 0.3) is 10.8 Å². The maximum absolute atomic E-state index is 13.9. The van der Waals surface area contributed by atoms with Crippen LogP contribution in [0.2, 0.25) is 0 Å². The summed E-state index contributed by atoms with van der Waals surface area (Å²) in [4.78, 5) is 129. The number of nitrogens with one attached hydrogen (secondary N) is 5. The topological polar surface area (TPSA) is 365 Å². The van der Waals surface area contributed by atoms with Gasteiger partial charge in [0, 0.05) is 84.2 Å². The van der Waals surface area contributed by atoms with Crippen molar-refractivity contribution in [3.05, 3.63) is 48.0 Å². The molecule has 0 radical (unpaired) electrons. The van der Waals surface area contributed by atoms with Crippen LogP contribution in [0.15, 0.2) is 42.5 Å². The number of hydrogen-bond acceptors (Lipinski definition) is 14. The Labute approximate surface area is 428 Å². The molecule has 1 aliphatic carbocycles. The molecule has 2 fully saturated rings. The van der Waals surface area contributed by atoms with Crippen LogP contribution in [0, 0.1) is 11.8 Å². The summed E-state index contributed by atoms with van der Waals surface area (Å²) in [6.07, 6.45) is 1.90. The minimum Gasteiger partial charge on any atom is -0.481 e. The molecule has 25 heteroatoms. The first kappa shape index (κ1) is 59.6. The Morgan fingerprint density at radius 2 is 1.03 bits per heavy atom. The van der Waals surface area contributed by atoms with Crippen molar-refractivity contribution in [2.45, 2.75) is 82.3 Å². The van der Waals surface area contributed by atoms with E-state index in [1.807, 2.05) is 47.4 Å². The third-order valence-electron chi connectivity index (χ3n) is 13.2. The monoisotopic (exact) mass is 1040 g/mol. The number of nitrogens with zero attached hydrogens (tertiary/aromatic N) is 4. The first-order valence-corrected chi connectivity index (χ1v) is 24.9. The Morgan fingerprint density at radius 1 is 0.527 bits per heavy atom. The van der Waals surface area contributed by atoms with E-state index in [2.05, 4.69) is 26.6 Å². The van der Waals surface area contributed by atoms with Crippen molar-refractivity contribution in [2.75, 3.05) is 91.6 Å². The molecule has 4 rings (SSSR count). The van der Waals surface area contributed by atoms with Gasteiger partial charge in [-0.1, -0.05) is 42.5 Å². The highest BCUT2D eigenvalue weighted by Crippen LogP contribution is 2.29. The van der Waals surface area contributed by atoms with Gasteiger partial charge in [-0.3, -0.25) is 53.2 Å². The van der Waals surface area contributed by atoms with E-state index in [9.17, 15) is 73.5 Å². The zero-order chi connectivity index (χ0) is 54.2. The van der Waals surface area contributed by atoms with Crippen LogP contribution in [0.5, 0.6) is 0 Å². The van der Waals surface area contributed by atoms with E-state index in [1.165, 1.54) is 0 Å². The number of carbonyl (C=O) groups is 10. The average molecular weight is 1040 g/mol. The molecule has 1 heterocycles. The zero-order valence-corrected chi connectivity index (χ0v) is 41.5. The molecule has 2 aromatic carbocycles. The van der Waals surface area contributed by atoms with Crippen LogP contribution in [0.4, 0.5) is 4.79 Å². The number of carboxylic acids is 6. The summed E-state index contributed by atoms with van der Waals surface area (Å²) in [5, 5.41) is 71.3. The average Bonchev–Trinajstić information content (AvgIpc) is 3.34. The largest absolute Gasteiger partial charge is 0.481 e. The molecule has 2 aliphatic rings. The smallest absolute Gasteiger partial charge is 0.326 e. The van der Waals surface area contributed by atoms with E-state index < -0.39 is 84.6 Å². The van der Waals surface area contributed by atoms with E-state index in [4.69, 9.17) is 5.11 Å². The summed E-state index contributed by atoms with van der Waals surface area (Å²) in [6, 6.07) is 8.30. The summed E-state index contributed by atoms with van der Waals surface area (Å²) in [5.41, 5.74) is 0.831. The molecule has 1 aliphatic heterocycles. The molecular weight excluding hydrogens is 971 g/mol. The number of hydrogen-bond donors (Lipinski definition) is 11. The maximum Gasteiger partial charge on any atom is 0.326 e. The van der Waals surface area contributed by atoms with Crippen LogP contribution in [0.3, 0.4) is 0 Å². The number of fused-ring (bicyclic) bond motifs is 1. The predicted octanol–water partition coefficient (Wildman–Crippen LogP) is -0.378. The van der Waals surface area contributed by atoms with Gasteiger partial charge in [-0.05, 0) is 73.6 Å². The van der Waals surface area contributed by atoms with Gasteiger partial charge in [-0.2, -0.15) is 0 Å². The Balaban J connectivity index is 1.30. The molecule has 2 aromatic rings. The summed E-state index contributed by atoms with van der Waals surface area (Å²) in [7, 11) is 0. The van der Waals surface area contributed by atoms with Crippen LogP contribution in [-0.2, 0) is 49.6 Å². The number of rotatable bonds is 27. The standard InChI is InChI=1S/C49H71N9O16/c59-40(28-55-18-20-56(29-42(62)63)22-24-58(31-44(66)67)25-23-57(21-19-55)30-43(64)65)51-27-32-11-13-34(14-12-32)45(68)52-39(26-35-8-5-7-33-6-1-2-9-36(33)35)46(69)50-17-4-3-10-37(47(70)71)53-49(74)54-38(48(72)73)15-16-41(60)61/h1-2,5-9,32,34,37-39H,3-4,10-31H2,(H,50,69)(H,51,59)(H,52,68)(H,60,61)(H,62,63)(H,64,65)(H,66,67)(H,70,71)(H,72,73)(H2,53,54,74)/t32?,34?,37-,38-,39?/m0/s1. The van der Waals surface area contributed by atoms with Crippen molar-refractivity contribution in [1.29, 1.82) is 0 Å². The van der Waals surface area contributed by atoms with Gasteiger partial charge in [0.25, 0.3) is 0 Å². The molecule has 408 valence electrons. The molecule has 25 nitrogen and oxygen atoms in total. The number of amides is 5. The first-order valence-electron chi connectivity index (χ1n) is 24.9.